The fraction of sp³-hybridized carbons (Fsp3) is 0.500. The third-order valence-corrected chi connectivity index (χ3v) is 6.79. The van der Waals surface area contributed by atoms with Crippen LogP contribution in [0.3, 0.4) is 0 Å². The van der Waals surface area contributed by atoms with Crippen LogP contribution in [0.5, 0.6) is 11.5 Å². The number of aliphatic imine (C=N–C) groups is 2. The second kappa shape index (κ2) is 13.7. The molecule has 40 heavy (non-hydrogen) atoms. The van der Waals surface area contributed by atoms with Crippen molar-refractivity contribution in [2.45, 2.75) is 90.1 Å². The minimum Gasteiger partial charge on any atom is -1.00 e. The van der Waals surface area contributed by atoms with E-state index in [1.54, 1.807) is 0 Å². The molecular formula is C28H36BrMnN4O6-. The first-order valence-electron chi connectivity index (χ1n) is 12.7. The summed E-state index contributed by atoms with van der Waals surface area (Å²) in [7, 11) is 0. The van der Waals surface area contributed by atoms with Gasteiger partial charge in [-0.15, -0.1) is 0 Å². The molecule has 219 valence electrons. The van der Waals surface area contributed by atoms with Crippen LogP contribution in [0.25, 0.3) is 0 Å². The van der Waals surface area contributed by atoms with Gasteiger partial charge in [-0.3, -0.25) is 30.2 Å². The van der Waals surface area contributed by atoms with Crippen molar-refractivity contribution >= 4 is 23.8 Å². The van der Waals surface area contributed by atoms with E-state index < -0.39 is 20.7 Å². The van der Waals surface area contributed by atoms with Gasteiger partial charge in [0.1, 0.15) is 11.5 Å². The standard InChI is InChI=1S/C28H36N4O6.BrH.Mn/c1-27(2,3)21-13-19(31(35)36)11-17(25(21)33)15-29-23-9-7-8-10-24(23)30-16-18-12-20(32(37)38)14-22(26(18)34)28(4,5)6;;/h11-16,23-24,33-34H,7-10H2,1-6H3;1H;/p-1/t23-,24-;;/m1../s1. The van der Waals surface area contributed by atoms with E-state index in [1.165, 1.54) is 36.7 Å². The first-order valence-corrected chi connectivity index (χ1v) is 12.7. The number of aromatic hydroxyl groups is 2. The molecule has 2 aromatic carbocycles. The van der Waals surface area contributed by atoms with Gasteiger partial charge >= 0.3 is 0 Å². The molecule has 0 saturated heterocycles. The SMILES string of the molecule is CC(C)(C)c1cc([N+](=O)[O-])cc(C=N[C@@H]2CCCC[C@H]2N=Cc2cc([N+](=O)[O-])cc(C(C)(C)C)c2O)c1O.[Br-].[Mn]. The zero-order chi connectivity index (χ0) is 28.4. The number of nitro groups is 2. The van der Waals surface area contributed by atoms with Crippen molar-refractivity contribution in [1.29, 1.82) is 0 Å². The number of halogens is 1. The van der Waals surface area contributed by atoms with Crippen molar-refractivity contribution in [1.82, 2.24) is 0 Å². The molecule has 1 aliphatic rings. The van der Waals surface area contributed by atoms with Crippen LogP contribution in [0.4, 0.5) is 11.4 Å². The van der Waals surface area contributed by atoms with Crippen LogP contribution >= 0.6 is 0 Å². The number of nitrogens with zero attached hydrogens (tertiary/aromatic N) is 4. The Labute approximate surface area is 255 Å². The summed E-state index contributed by atoms with van der Waals surface area (Å²) in [6.07, 6.45) is 6.26. The Morgan fingerprint density at radius 3 is 1.35 bits per heavy atom. The van der Waals surface area contributed by atoms with Crippen LogP contribution in [-0.2, 0) is 27.9 Å². The van der Waals surface area contributed by atoms with Gasteiger partial charge in [0, 0.05) is 76.0 Å². The average Bonchev–Trinajstić information content (AvgIpc) is 2.81. The summed E-state index contributed by atoms with van der Waals surface area (Å²) in [5.74, 6) is -0.0853. The van der Waals surface area contributed by atoms with Gasteiger partial charge in [0.25, 0.3) is 11.4 Å². The van der Waals surface area contributed by atoms with E-state index >= 15 is 0 Å². The van der Waals surface area contributed by atoms with E-state index in [0.717, 1.165) is 25.7 Å². The van der Waals surface area contributed by atoms with Crippen molar-refractivity contribution in [2.75, 3.05) is 0 Å². The molecule has 0 aliphatic heterocycles. The molecule has 0 spiro atoms. The fourth-order valence-electron chi connectivity index (χ4n) is 4.62. The van der Waals surface area contributed by atoms with Gasteiger partial charge in [-0.25, -0.2) is 0 Å². The molecule has 1 saturated carbocycles. The number of non-ortho nitro benzene ring substituents is 2. The molecule has 1 aliphatic carbocycles. The van der Waals surface area contributed by atoms with Crippen molar-refractivity contribution in [2.24, 2.45) is 9.98 Å². The van der Waals surface area contributed by atoms with E-state index in [1.807, 2.05) is 41.5 Å². The normalized spacial score (nSPS) is 17.9. The fourth-order valence-corrected chi connectivity index (χ4v) is 4.62. The quantitative estimate of drug-likeness (QED) is 0.210. The maximum atomic E-state index is 11.5. The molecule has 0 bridgehead atoms. The summed E-state index contributed by atoms with van der Waals surface area (Å²) in [5, 5.41) is 44.7. The third-order valence-electron chi connectivity index (χ3n) is 6.79. The van der Waals surface area contributed by atoms with Crippen molar-refractivity contribution in [3.8, 4) is 11.5 Å². The predicted octanol–water partition coefficient (Wildman–Crippen LogP) is 3.36. The van der Waals surface area contributed by atoms with E-state index in [-0.39, 0.29) is 80.1 Å². The van der Waals surface area contributed by atoms with Crippen molar-refractivity contribution in [3.05, 3.63) is 66.7 Å². The minimum atomic E-state index is -0.511. The van der Waals surface area contributed by atoms with Gasteiger partial charge in [0.15, 0.2) is 0 Å². The average molecular weight is 659 g/mol. The number of hydrogen-bond donors (Lipinski definition) is 2. The van der Waals surface area contributed by atoms with Gasteiger partial charge < -0.3 is 27.2 Å². The molecule has 12 heteroatoms. The molecule has 2 aromatic rings. The largest absolute Gasteiger partial charge is 1.00 e. The minimum absolute atomic E-state index is 0. The Kier molecular flexibility index (Phi) is 12.1. The second-order valence-electron chi connectivity index (χ2n) is 11.9. The van der Waals surface area contributed by atoms with Crippen molar-refractivity contribution in [3.63, 3.8) is 0 Å². The Hall–Kier alpha value is -2.82. The smallest absolute Gasteiger partial charge is 0.270 e. The van der Waals surface area contributed by atoms with Crippen molar-refractivity contribution < 1.29 is 54.1 Å². The molecule has 2 N–H and O–H groups in total. The summed E-state index contributed by atoms with van der Waals surface area (Å²) in [6, 6.07) is 4.89. The number of hydrogen-bond acceptors (Lipinski definition) is 8. The second-order valence-corrected chi connectivity index (χ2v) is 11.9. The molecule has 1 radical (unpaired) electrons. The van der Waals surface area contributed by atoms with Gasteiger partial charge in [-0.05, 0) is 23.7 Å². The molecule has 0 aromatic heterocycles. The molecule has 1 fully saturated rings. The molecule has 2 atom stereocenters. The Bertz CT molecular complexity index is 1200. The van der Waals surface area contributed by atoms with Crippen LogP contribution in [0.2, 0.25) is 0 Å². The maximum absolute atomic E-state index is 11.5. The third kappa shape index (κ3) is 8.34. The van der Waals surface area contributed by atoms with E-state index in [4.69, 9.17) is 0 Å². The van der Waals surface area contributed by atoms with Gasteiger partial charge in [0.05, 0.1) is 21.9 Å². The van der Waals surface area contributed by atoms with Gasteiger partial charge in [-0.2, -0.15) is 0 Å². The monoisotopic (exact) mass is 658 g/mol. The van der Waals surface area contributed by atoms with Crippen LogP contribution in [-0.4, -0.2) is 44.6 Å². The molecule has 3 rings (SSSR count). The summed E-state index contributed by atoms with van der Waals surface area (Å²) >= 11 is 0. The van der Waals surface area contributed by atoms with Crippen LogP contribution < -0.4 is 17.0 Å². The van der Waals surface area contributed by atoms with Crippen LogP contribution in [0, 0.1) is 20.2 Å². The molecule has 0 unspecified atom stereocenters. The number of rotatable bonds is 6. The van der Waals surface area contributed by atoms with E-state index in [0.29, 0.717) is 11.1 Å². The summed E-state index contributed by atoms with van der Waals surface area (Å²) in [5.41, 5.74) is 0.188. The Morgan fingerprint density at radius 2 is 1.07 bits per heavy atom. The zero-order valence-electron chi connectivity index (χ0n) is 23.5. The predicted molar refractivity (Wildman–Crippen MR) is 148 cm³/mol. The first-order chi connectivity index (χ1) is 17.6. The number of phenolic OH excluding ortho intramolecular Hbond substituents is 2. The summed E-state index contributed by atoms with van der Waals surface area (Å²) < 4.78 is 0. The topological polar surface area (TPSA) is 151 Å². The molecule has 10 nitrogen and oxygen atoms in total. The molecular weight excluding hydrogens is 623 g/mol. The number of nitro benzene ring substituents is 2. The number of phenols is 2. The van der Waals surface area contributed by atoms with E-state index in [2.05, 4.69) is 9.98 Å². The van der Waals surface area contributed by atoms with Gasteiger partial charge in [0.2, 0.25) is 0 Å². The Balaban J connectivity index is 0.00000400. The molecule has 0 heterocycles. The van der Waals surface area contributed by atoms with Crippen LogP contribution in [0.15, 0.2) is 34.3 Å². The first kappa shape index (κ1) is 35.2. The summed E-state index contributed by atoms with van der Waals surface area (Å²) in [6.45, 7) is 11.2. The van der Waals surface area contributed by atoms with E-state index in [9.17, 15) is 30.4 Å². The molecule has 0 amide bonds. The maximum Gasteiger partial charge on any atom is 0.270 e. The zero-order valence-corrected chi connectivity index (χ0v) is 26.3. The Morgan fingerprint density at radius 1 is 0.750 bits per heavy atom. The number of benzene rings is 2. The van der Waals surface area contributed by atoms with Gasteiger partial charge in [-0.1, -0.05) is 54.4 Å². The van der Waals surface area contributed by atoms with Crippen LogP contribution in [0.1, 0.15) is 89.5 Å². The summed E-state index contributed by atoms with van der Waals surface area (Å²) in [4.78, 5) is 31.3.